The van der Waals surface area contributed by atoms with Crippen molar-refractivity contribution in [3.05, 3.63) is 0 Å². The number of rotatable bonds is 5. The fraction of sp³-hybridized carbons (Fsp3) is 1.00. The zero-order chi connectivity index (χ0) is 20.4. The molecule has 0 aliphatic heterocycles. The van der Waals surface area contributed by atoms with E-state index in [4.69, 9.17) is 0 Å². The van der Waals surface area contributed by atoms with E-state index in [1.54, 1.807) is 76.8 Å². The van der Waals surface area contributed by atoms with E-state index in [1.807, 2.05) is 0 Å². The van der Waals surface area contributed by atoms with Crippen molar-refractivity contribution in [1.29, 1.82) is 0 Å². The first-order chi connectivity index (χ1) is 13.2. The van der Waals surface area contributed by atoms with Crippen molar-refractivity contribution in [3.8, 4) is 0 Å². The Hall–Kier alpha value is 0.860. The van der Waals surface area contributed by atoms with Gasteiger partial charge in [0.1, 0.15) is 0 Å². The quantitative estimate of drug-likeness (QED) is 0.386. The maximum atomic E-state index is 2.54. The molecule has 0 spiro atoms. The lowest BCUT2D eigenvalue weighted by molar-refractivity contribution is 0.474. The molecule has 0 bridgehead atoms. The largest absolute Gasteiger partial charge is 0.0969 e. The normalized spacial score (nSPS) is 29.1. The van der Waals surface area contributed by atoms with E-state index in [2.05, 4.69) is 41.5 Å². The molecular weight excluding hydrogens is 374 g/mol. The molecule has 0 saturated heterocycles. The van der Waals surface area contributed by atoms with E-state index >= 15 is 0 Å². The number of hydrogen-bond acceptors (Lipinski definition) is 0. The lowest BCUT2D eigenvalue weighted by atomic mass is 9.99. The fourth-order valence-electron chi connectivity index (χ4n) is 7.01. The Balaban J connectivity index is 1.79. The molecule has 3 rings (SSSR count). The molecule has 164 valence electrons. The molecule has 3 saturated carbocycles. The van der Waals surface area contributed by atoms with Crippen LogP contribution in [-0.2, 0) is 0 Å². The van der Waals surface area contributed by atoms with E-state index in [-0.39, 0.29) is 15.8 Å². The molecule has 0 heterocycles. The van der Waals surface area contributed by atoms with Crippen molar-refractivity contribution in [2.45, 2.75) is 152 Å². The lowest BCUT2D eigenvalue weighted by Crippen LogP contribution is -2.33. The Bertz CT molecular complexity index is 428. The summed E-state index contributed by atoms with van der Waals surface area (Å²) in [6.45, 7) is 15.2. The van der Waals surface area contributed by atoms with Crippen LogP contribution < -0.4 is 0 Å². The van der Waals surface area contributed by atoms with Crippen LogP contribution in [0.5, 0.6) is 0 Å². The Morgan fingerprint density at radius 2 is 1.04 bits per heavy atom. The van der Waals surface area contributed by atoms with Gasteiger partial charge in [0.15, 0.2) is 0 Å². The van der Waals surface area contributed by atoms with Crippen LogP contribution in [0.15, 0.2) is 0 Å². The zero-order valence-corrected chi connectivity index (χ0v) is 21.9. The summed E-state index contributed by atoms with van der Waals surface area (Å²) in [5, 5.41) is 0.998. The summed E-state index contributed by atoms with van der Waals surface area (Å²) in [6.07, 6.45) is 21.9. The summed E-state index contributed by atoms with van der Waals surface area (Å²) in [4.78, 5) is 0. The maximum Gasteiger partial charge on any atom is -0.0172 e. The Morgan fingerprint density at radius 1 is 0.571 bits per heavy atom. The summed E-state index contributed by atoms with van der Waals surface area (Å²) in [7, 11) is 0.341. The molecule has 2 atom stereocenters. The zero-order valence-electron chi connectivity index (χ0n) is 20.1. The van der Waals surface area contributed by atoms with Gasteiger partial charge in [-0.25, -0.2) is 0 Å². The number of hydrogen-bond donors (Lipinski definition) is 0. The van der Waals surface area contributed by atoms with Crippen molar-refractivity contribution in [3.63, 3.8) is 0 Å². The van der Waals surface area contributed by atoms with E-state index in [0.717, 1.165) is 22.9 Å². The van der Waals surface area contributed by atoms with E-state index in [1.165, 1.54) is 12.8 Å². The first-order valence-electron chi connectivity index (χ1n) is 12.7. The van der Waals surface area contributed by atoms with Crippen LogP contribution in [-0.4, -0.2) is 33.5 Å². The summed E-state index contributed by atoms with van der Waals surface area (Å²) < 4.78 is 0. The van der Waals surface area contributed by atoms with Crippen molar-refractivity contribution < 1.29 is 0 Å². The Morgan fingerprint density at radius 3 is 1.46 bits per heavy atom. The predicted molar refractivity (Wildman–Crippen MR) is 133 cm³/mol. The molecule has 3 aliphatic carbocycles. The third kappa shape index (κ3) is 5.97. The van der Waals surface area contributed by atoms with Gasteiger partial charge in [-0.15, -0.1) is 0 Å². The molecule has 0 aromatic carbocycles. The van der Waals surface area contributed by atoms with Crippen LogP contribution in [0.1, 0.15) is 125 Å². The third-order valence-corrected chi connectivity index (χ3v) is 16.3. The Kier molecular flexibility index (Phi) is 8.39. The van der Waals surface area contributed by atoms with Gasteiger partial charge in [0.2, 0.25) is 0 Å². The molecule has 0 aromatic heterocycles. The minimum atomic E-state index is 0.0703. The van der Waals surface area contributed by atoms with Crippen LogP contribution >= 0.6 is 15.8 Å². The highest BCUT2D eigenvalue weighted by molar-refractivity contribution is 7.61. The highest BCUT2D eigenvalue weighted by Gasteiger charge is 2.44. The second kappa shape index (κ2) is 9.99. The molecule has 0 N–H and O–H groups in total. The second-order valence-electron chi connectivity index (χ2n) is 12.2. The van der Waals surface area contributed by atoms with Gasteiger partial charge >= 0.3 is 0 Å². The second-order valence-corrected chi connectivity index (χ2v) is 19.2. The smallest absolute Gasteiger partial charge is 0.0172 e. The van der Waals surface area contributed by atoms with Gasteiger partial charge in [0.05, 0.1) is 0 Å². The summed E-state index contributed by atoms with van der Waals surface area (Å²) >= 11 is 0. The lowest BCUT2D eigenvalue weighted by Gasteiger charge is -2.47. The van der Waals surface area contributed by atoms with Crippen molar-refractivity contribution >= 4 is 15.8 Å². The average molecular weight is 425 g/mol. The SMILES string of the molecule is CC(C)(C)P(CC1CCCC1P(C1CCCCC1)C1CCCCC1)C(C)(C)C. The van der Waals surface area contributed by atoms with E-state index < -0.39 is 0 Å². The molecule has 0 amide bonds. The van der Waals surface area contributed by atoms with Gasteiger partial charge in [-0.2, -0.15) is 0 Å². The molecule has 2 heteroatoms. The molecule has 2 unspecified atom stereocenters. The standard InChI is InChI=1S/C26H50P2/c1-25(2,3)27(26(4,5)6)20-21-14-13-19-24(21)28(22-15-9-7-10-16-22)23-17-11-8-12-18-23/h21-24H,7-20H2,1-6H3. The van der Waals surface area contributed by atoms with E-state index in [9.17, 15) is 0 Å². The van der Waals surface area contributed by atoms with Gasteiger partial charge in [-0.3, -0.25) is 0 Å². The third-order valence-electron chi connectivity index (χ3n) is 8.03. The van der Waals surface area contributed by atoms with Gasteiger partial charge in [-0.1, -0.05) is 102 Å². The summed E-state index contributed by atoms with van der Waals surface area (Å²) in [6, 6.07) is 0. The summed E-state index contributed by atoms with van der Waals surface area (Å²) in [5.41, 5.74) is 3.43. The van der Waals surface area contributed by atoms with Gasteiger partial charge in [0, 0.05) is 0 Å². The first-order valence-corrected chi connectivity index (χ1v) is 15.8. The predicted octanol–water partition coefficient (Wildman–Crippen LogP) is 9.38. The molecule has 28 heavy (non-hydrogen) atoms. The average Bonchev–Trinajstić information content (AvgIpc) is 3.08. The molecule has 0 aromatic rings. The van der Waals surface area contributed by atoms with Crippen LogP contribution in [0.2, 0.25) is 0 Å². The molecule has 0 nitrogen and oxygen atoms in total. The van der Waals surface area contributed by atoms with Gasteiger partial charge < -0.3 is 0 Å². The minimum absolute atomic E-state index is 0.0703. The van der Waals surface area contributed by atoms with Crippen LogP contribution in [0.4, 0.5) is 0 Å². The van der Waals surface area contributed by atoms with Gasteiger partial charge in [0.25, 0.3) is 0 Å². The molecule has 3 aliphatic rings. The molecular formula is C26H50P2. The van der Waals surface area contributed by atoms with E-state index in [0.29, 0.717) is 10.3 Å². The van der Waals surface area contributed by atoms with Crippen molar-refractivity contribution in [2.24, 2.45) is 5.92 Å². The Labute approximate surface area is 180 Å². The monoisotopic (exact) mass is 424 g/mol. The highest BCUT2D eigenvalue weighted by atomic mass is 31.1. The summed E-state index contributed by atoms with van der Waals surface area (Å²) in [5.74, 6) is 1.07. The molecule has 0 radical (unpaired) electrons. The van der Waals surface area contributed by atoms with Crippen LogP contribution in [0.25, 0.3) is 0 Å². The van der Waals surface area contributed by atoms with Crippen molar-refractivity contribution in [2.75, 3.05) is 6.16 Å². The fourth-order valence-corrected chi connectivity index (χ4v) is 16.0. The van der Waals surface area contributed by atoms with Crippen LogP contribution in [0.3, 0.4) is 0 Å². The van der Waals surface area contributed by atoms with Crippen molar-refractivity contribution in [1.82, 2.24) is 0 Å². The highest BCUT2D eigenvalue weighted by Crippen LogP contribution is 2.67. The van der Waals surface area contributed by atoms with Gasteiger partial charge in [-0.05, 0) is 77.9 Å². The maximum absolute atomic E-state index is 2.54. The molecule has 3 fully saturated rings. The minimum Gasteiger partial charge on any atom is -0.0969 e. The van der Waals surface area contributed by atoms with Crippen LogP contribution in [0, 0.1) is 5.92 Å². The topological polar surface area (TPSA) is 0 Å². The first kappa shape index (κ1) is 23.5.